The van der Waals surface area contributed by atoms with Crippen LogP contribution < -0.4 is 4.90 Å². The van der Waals surface area contributed by atoms with Gasteiger partial charge in [-0.3, -0.25) is 0 Å². The van der Waals surface area contributed by atoms with Gasteiger partial charge in [0.2, 0.25) is 0 Å². The second-order valence-electron chi connectivity index (χ2n) is 12.6. The minimum atomic E-state index is -0.153. The van der Waals surface area contributed by atoms with Crippen molar-refractivity contribution in [1.82, 2.24) is 0 Å². The third kappa shape index (κ3) is 3.35. The molecule has 0 bridgehead atoms. The van der Waals surface area contributed by atoms with Gasteiger partial charge in [0.25, 0.3) is 0 Å². The van der Waals surface area contributed by atoms with Crippen molar-refractivity contribution in [3.8, 4) is 22.3 Å². The fourth-order valence-corrected chi connectivity index (χ4v) is 7.92. The van der Waals surface area contributed by atoms with Gasteiger partial charge < -0.3 is 4.90 Å². The molecule has 0 aromatic heterocycles. The normalized spacial score (nSPS) is 13.9. The van der Waals surface area contributed by atoms with Crippen LogP contribution in [0.25, 0.3) is 49.4 Å². The molecule has 0 fully saturated rings. The topological polar surface area (TPSA) is 3.24 Å². The van der Waals surface area contributed by atoms with E-state index in [4.69, 9.17) is 0 Å². The van der Waals surface area contributed by atoms with Crippen molar-refractivity contribution in [2.75, 3.05) is 4.90 Å². The fourth-order valence-electron chi connectivity index (χ4n) is 7.92. The maximum absolute atomic E-state index is 4.45. The summed E-state index contributed by atoms with van der Waals surface area (Å²) in [5.41, 5.74) is 14.8. The van der Waals surface area contributed by atoms with Gasteiger partial charge in [-0.25, -0.2) is 0 Å². The van der Waals surface area contributed by atoms with Crippen molar-refractivity contribution in [2.24, 2.45) is 0 Å². The van der Waals surface area contributed by atoms with E-state index in [9.17, 15) is 0 Å². The van der Waals surface area contributed by atoms with E-state index >= 15 is 0 Å². The maximum atomic E-state index is 4.45. The molecule has 1 nitrogen and oxygen atoms in total. The van der Waals surface area contributed by atoms with Crippen LogP contribution in [-0.4, -0.2) is 0 Å². The average Bonchev–Trinajstić information content (AvgIpc) is 3.49. The Morgan fingerprint density at radius 2 is 1.20 bits per heavy atom. The lowest BCUT2D eigenvalue weighted by Crippen LogP contribution is -2.16. The minimum Gasteiger partial charge on any atom is -0.310 e. The van der Waals surface area contributed by atoms with E-state index in [0.29, 0.717) is 0 Å². The van der Waals surface area contributed by atoms with E-state index in [1.54, 1.807) is 0 Å². The molecule has 44 heavy (non-hydrogen) atoms. The lowest BCUT2D eigenvalue weighted by molar-refractivity contribution is 0.666. The first-order valence-electron chi connectivity index (χ1n) is 15.4. The van der Waals surface area contributed by atoms with Crippen LogP contribution >= 0.6 is 0 Å². The fraction of sp³-hybridized carbons (Fsp3) is 0.0698. The summed E-state index contributed by atoms with van der Waals surface area (Å²) in [6.07, 6.45) is 0. The molecule has 0 heterocycles. The highest BCUT2D eigenvalue weighted by molar-refractivity contribution is 6.12. The van der Waals surface area contributed by atoms with Crippen LogP contribution in [0.4, 0.5) is 17.1 Å². The predicted octanol–water partition coefficient (Wildman–Crippen LogP) is 11.8. The molecule has 9 rings (SSSR count). The molecule has 0 N–H and O–H groups in total. The zero-order valence-corrected chi connectivity index (χ0v) is 24.9. The summed E-state index contributed by atoms with van der Waals surface area (Å²) in [5, 5.41) is 5.25. The quantitative estimate of drug-likeness (QED) is 0.194. The molecule has 0 aliphatic heterocycles. The Bertz CT molecular complexity index is 2320. The highest BCUT2D eigenvalue weighted by atomic mass is 15.1. The van der Waals surface area contributed by atoms with E-state index < -0.39 is 0 Å². The van der Waals surface area contributed by atoms with Crippen molar-refractivity contribution >= 4 is 44.2 Å². The Hall–Kier alpha value is -5.40. The van der Waals surface area contributed by atoms with E-state index in [-0.39, 0.29) is 5.41 Å². The van der Waals surface area contributed by atoms with E-state index in [1.807, 2.05) is 0 Å². The standard InChI is InChI=1S/C43H31N/c1-27-31-15-9-10-17-34(31)38-26-30(21-23-32(27)38)44(29-13-5-4-6-14-29)40-19-11-18-39-41(40)37-25-24-35-33-16-8-7-12-28(33)20-22-36(35)42(37)43(39,2)3/h4-26H,1H2,2-3H3. The third-order valence-corrected chi connectivity index (χ3v) is 9.92. The van der Waals surface area contributed by atoms with Gasteiger partial charge in [0.15, 0.2) is 0 Å². The first kappa shape index (κ1) is 25.1. The van der Waals surface area contributed by atoms with Crippen LogP contribution in [0.2, 0.25) is 0 Å². The summed E-state index contributed by atoms with van der Waals surface area (Å²) in [6, 6.07) is 51.2. The van der Waals surface area contributed by atoms with E-state index in [0.717, 1.165) is 16.9 Å². The number of hydrogen-bond donors (Lipinski definition) is 0. The lowest BCUT2D eigenvalue weighted by atomic mass is 9.80. The van der Waals surface area contributed by atoms with Gasteiger partial charge in [-0.1, -0.05) is 130 Å². The first-order chi connectivity index (χ1) is 21.5. The summed E-state index contributed by atoms with van der Waals surface area (Å²) in [6.45, 7) is 9.23. The first-order valence-corrected chi connectivity index (χ1v) is 15.4. The molecule has 2 aliphatic carbocycles. The van der Waals surface area contributed by atoms with Gasteiger partial charge in [0.1, 0.15) is 0 Å². The van der Waals surface area contributed by atoms with E-state index in [2.05, 4.69) is 165 Å². The molecule has 0 spiro atoms. The Morgan fingerprint density at radius 3 is 2.07 bits per heavy atom. The largest absolute Gasteiger partial charge is 0.310 e. The molecule has 0 atom stereocenters. The predicted molar refractivity (Wildman–Crippen MR) is 187 cm³/mol. The molecule has 2 aliphatic rings. The molecule has 208 valence electrons. The smallest absolute Gasteiger partial charge is 0.0543 e. The Morgan fingerprint density at radius 1 is 0.500 bits per heavy atom. The van der Waals surface area contributed by atoms with Crippen LogP contribution in [-0.2, 0) is 5.41 Å². The van der Waals surface area contributed by atoms with Crippen molar-refractivity contribution in [3.05, 3.63) is 168 Å². The van der Waals surface area contributed by atoms with Gasteiger partial charge >= 0.3 is 0 Å². The summed E-state index contributed by atoms with van der Waals surface area (Å²) >= 11 is 0. The molecule has 0 amide bonds. The molecule has 0 saturated heterocycles. The second-order valence-corrected chi connectivity index (χ2v) is 12.6. The molecule has 0 saturated carbocycles. The Kier molecular flexibility index (Phi) is 5.17. The highest BCUT2D eigenvalue weighted by Crippen LogP contribution is 2.57. The van der Waals surface area contributed by atoms with Gasteiger partial charge in [-0.15, -0.1) is 0 Å². The molecule has 7 aromatic rings. The van der Waals surface area contributed by atoms with Crippen molar-refractivity contribution in [3.63, 3.8) is 0 Å². The van der Waals surface area contributed by atoms with Crippen LogP contribution in [0.15, 0.2) is 146 Å². The highest BCUT2D eigenvalue weighted by Gasteiger charge is 2.39. The van der Waals surface area contributed by atoms with Gasteiger partial charge in [-0.05, 0) is 96.4 Å². The summed E-state index contributed by atoms with van der Waals surface area (Å²) < 4.78 is 0. The zero-order chi connectivity index (χ0) is 29.6. The molecule has 1 heteroatoms. The van der Waals surface area contributed by atoms with Gasteiger partial charge in [0, 0.05) is 22.4 Å². The number of fused-ring (bicyclic) bond motifs is 10. The maximum Gasteiger partial charge on any atom is 0.0543 e. The molecule has 7 aromatic carbocycles. The lowest BCUT2D eigenvalue weighted by Gasteiger charge is -2.29. The molecule has 0 radical (unpaired) electrons. The number of benzene rings is 7. The van der Waals surface area contributed by atoms with Crippen LogP contribution in [0.3, 0.4) is 0 Å². The number of para-hydroxylation sites is 1. The average molecular weight is 562 g/mol. The molecular weight excluding hydrogens is 530 g/mol. The zero-order valence-electron chi connectivity index (χ0n) is 24.9. The molecule has 0 unspecified atom stereocenters. The second kappa shape index (κ2) is 9.05. The Labute approximate surface area is 258 Å². The number of hydrogen-bond acceptors (Lipinski definition) is 1. The number of nitrogens with zero attached hydrogens (tertiary/aromatic N) is 1. The summed E-state index contributed by atoms with van der Waals surface area (Å²) in [7, 11) is 0. The summed E-state index contributed by atoms with van der Waals surface area (Å²) in [4.78, 5) is 2.44. The summed E-state index contributed by atoms with van der Waals surface area (Å²) in [5.74, 6) is 0. The monoisotopic (exact) mass is 561 g/mol. The molecular formula is C43H31N. The van der Waals surface area contributed by atoms with Crippen LogP contribution in [0.5, 0.6) is 0 Å². The Balaban J connectivity index is 1.31. The van der Waals surface area contributed by atoms with Gasteiger partial charge in [0.05, 0.1) is 5.69 Å². The SMILES string of the molecule is C=C1c2ccccc2-c2cc(N(c3ccccc3)c3cccc4c3-c3ccc5c(ccc6ccccc65)c3C4(C)C)ccc21. The van der Waals surface area contributed by atoms with Crippen molar-refractivity contribution in [1.29, 1.82) is 0 Å². The van der Waals surface area contributed by atoms with Gasteiger partial charge in [-0.2, -0.15) is 0 Å². The van der Waals surface area contributed by atoms with E-state index in [1.165, 1.54) is 71.7 Å². The van der Waals surface area contributed by atoms with Crippen LogP contribution in [0.1, 0.15) is 36.1 Å². The van der Waals surface area contributed by atoms with Crippen molar-refractivity contribution < 1.29 is 0 Å². The number of rotatable bonds is 3. The number of anilines is 3. The third-order valence-electron chi connectivity index (χ3n) is 9.92. The minimum absolute atomic E-state index is 0.153. The van der Waals surface area contributed by atoms with Crippen LogP contribution in [0, 0.1) is 0 Å². The van der Waals surface area contributed by atoms with Crippen molar-refractivity contribution in [2.45, 2.75) is 19.3 Å².